The normalized spacial score (nSPS) is 12.4. The van der Waals surface area contributed by atoms with Gasteiger partial charge in [0.2, 0.25) is 0 Å². The highest BCUT2D eigenvalue weighted by Gasteiger charge is 2.30. The van der Waals surface area contributed by atoms with Gasteiger partial charge in [-0.25, -0.2) is 13.2 Å². The molecule has 0 saturated heterocycles. The van der Waals surface area contributed by atoms with Gasteiger partial charge in [0.25, 0.3) is 15.6 Å². The molecular formula is C12H17N5O4S. The van der Waals surface area contributed by atoms with Crippen molar-refractivity contribution in [1.29, 1.82) is 0 Å². The molecule has 22 heavy (non-hydrogen) atoms. The number of hydrogen-bond acceptors (Lipinski definition) is 5. The van der Waals surface area contributed by atoms with E-state index in [9.17, 15) is 18.0 Å². The molecule has 2 aromatic heterocycles. The van der Waals surface area contributed by atoms with Crippen LogP contribution >= 0.6 is 0 Å². The predicted octanol–water partition coefficient (Wildman–Crippen LogP) is -0.105. The molecule has 0 amide bonds. The number of nitrogens with one attached hydrogen (secondary N) is 3. The predicted molar refractivity (Wildman–Crippen MR) is 80.4 cm³/mol. The molecule has 0 aliphatic heterocycles. The number of sulfonamides is 1. The number of aromatic nitrogens is 4. The Morgan fingerprint density at radius 2 is 1.91 bits per heavy atom. The molecule has 0 spiro atoms. The molecule has 0 bridgehead atoms. The summed E-state index contributed by atoms with van der Waals surface area (Å²) in [5.41, 5.74) is -1.94. The van der Waals surface area contributed by atoms with Gasteiger partial charge in [0.1, 0.15) is 10.6 Å². The number of rotatable bonds is 3. The Hall–Kier alpha value is -2.36. The van der Waals surface area contributed by atoms with Crippen molar-refractivity contribution in [1.82, 2.24) is 19.7 Å². The first-order valence-corrected chi connectivity index (χ1v) is 7.88. The molecule has 120 valence electrons. The van der Waals surface area contributed by atoms with Crippen LogP contribution in [0.15, 0.2) is 26.9 Å². The fourth-order valence-corrected chi connectivity index (χ4v) is 3.31. The van der Waals surface area contributed by atoms with E-state index in [1.165, 1.54) is 10.9 Å². The molecule has 2 heterocycles. The molecule has 0 radical (unpaired) electrons. The van der Waals surface area contributed by atoms with Crippen LogP contribution in [0.25, 0.3) is 0 Å². The Kier molecular flexibility index (Phi) is 3.73. The minimum atomic E-state index is -4.02. The topological polar surface area (TPSA) is 130 Å². The van der Waals surface area contributed by atoms with Crippen LogP contribution in [0, 0.1) is 0 Å². The molecule has 0 aliphatic carbocycles. The lowest BCUT2D eigenvalue weighted by atomic mass is 9.92. The highest BCUT2D eigenvalue weighted by Crippen LogP contribution is 2.28. The summed E-state index contributed by atoms with van der Waals surface area (Å²) < 4.78 is 28.6. The van der Waals surface area contributed by atoms with Crippen LogP contribution in [0.1, 0.15) is 26.5 Å². The van der Waals surface area contributed by atoms with Gasteiger partial charge in [0.15, 0.2) is 0 Å². The smallest absolute Gasteiger partial charge is 0.312 e. The fourth-order valence-electron chi connectivity index (χ4n) is 1.87. The van der Waals surface area contributed by atoms with Crippen LogP contribution in [0.2, 0.25) is 0 Å². The first kappa shape index (κ1) is 16.0. The molecule has 9 nitrogen and oxygen atoms in total. The molecule has 0 aromatic carbocycles. The zero-order valence-electron chi connectivity index (χ0n) is 12.6. The van der Waals surface area contributed by atoms with Gasteiger partial charge in [0.05, 0.1) is 5.69 Å². The largest absolute Gasteiger partial charge is 0.325 e. The van der Waals surface area contributed by atoms with Crippen LogP contribution < -0.4 is 16.0 Å². The van der Waals surface area contributed by atoms with E-state index < -0.39 is 26.7 Å². The van der Waals surface area contributed by atoms with E-state index in [2.05, 4.69) is 14.8 Å². The Bertz CT molecular complexity index is 914. The molecule has 0 saturated carbocycles. The van der Waals surface area contributed by atoms with Crippen LogP contribution in [-0.4, -0.2) is 28.2 Å². The van der Waals surface area contributed by atoms with Gasteiger partial charge in [-0.3, -0.25) is 19.2 Å². The molecule has 0 atom stereocenters. The third-order valence-electron chi connectivity index (χ3n) is 2.86. The minimum absolute atomic E-state index is 0.0203. The molecular weight excluding hydrogens is 310 g/mol. The van der Waals surface area contributed by atoms with Gasteiger partial charge in [-0.05, 0) is 0 Å². The molecule has 2 rings (SSSR count). The van der Waals surface area contributed by atoms with Gasteiger partial charge in [-0.2, -0.15) is 5.10 Å². The van der Waals surface area contributed by atoms with Gasteiger partial charge in [-0.1, -0.05) is 20.8 Å². The standard InChI is InChI=1S/C12H17N5O4S/c1-12(2,3)9-8(6-17(4)15-9)22(20,21)16-7-5-13-11(19)14-10(7)18/h5-6,16H,1-4H3,(H2,13,14,18,19). The van der Waals surface area contributed by atoms with E-state index in [1.807, 2.05) is 25.8 Å². The van der Waals surface area contributed by atoms with E-state index in [1.54, 1.807) is 7.05 Å². The average molecular weight is 327 g/mol. The summed E-state index contributed by atoms with van der Waals surface area (Å²) in [4.78, 5) is 26.7. The second kappa shape index (κ2) is 5.13. The van der Waals surface area contributed by atoms with Crippen molar-refractivity contribution < 1.29 is 8.42 Å². The first-order valence-electron chi connectivity index (χ1n) is 6.39. The molecule has 0 fully saturated rings. The second-order valence-electron chi connectivity index (χ2n) is 5.86. The number of nitrogens with zero attached hydrogens (tertiary/aromatic N) is 2. The van der Waals surface area contributed by atoms with Gasteiger partial charge in [-0.15, -0.1) is 0 Å². The van der Waals surface area contributed by atoms with E-state index >= 15 is 0 Å². The maximum atomic E-state index is 12.5. The van der Waals surface area contributed by atoms with Crippen molar-refractivity contribution in [3.63, 3.8) is 0 Å². The number of aromatic amines is 2. The summed E-state index contributed by atoms with van der Waals surface area (Å²) in [6, 6.07) is 0. The van der Waals surface area contributed by atoms with Gasteiger partial charge in [0, 0.05) is 24.9 Å². The zero-order valence-corrected chi connectivity index (χ0v) is 13.4. The maximum absolute atomic E-state index is 12.5. The van der Waals surface area contributed by atoms with Gasteiger partial charge >= 0.3 is 5.69 Å². The summed E-state index contributed by atoms with van der Waals surface area (Å²) in [5, 5.41) is 4.18. The summed E-state index contributed by atoms with van der Waals surface area (Å²) in [5.74, 6) is 0. The Morgan fingerprint density at radius 3 is 2.45 bits per heavy atom. The summed E-state index contributed by atoms with van der Waals surface area (Å²) in [6.07, 6.45) is 2.37. The minimum Gasteiger partial charge on any atom is -0.312 e. The lowest BCUT2D eigenvalue weighted by molar-refractivity contribution is 0.539. The van der Waals surface area contributed by atoms with Crippen molar-refractivity contribution >= 4 is 15.7 Å². The van der Waals surface area contributed by atoms with Crippen molar-refractivity contribution in [2.24, 2.45) is 7.05 Å². The Balaban J connectivity index is 2.52. The molecule has 10 heteroatoms. The quantitative estimate of drug-likeness (QED) is 0.724. The fraction of sp³-hybridized carbons (Fsp3) is 0.417. The third-order valence-corrected chi connectivity index (χ3v) is 4.23. The highest BCUT2D eigenvalue weighted by molar-refractivity contribution is 7.92. The van der Waals surface area contributed by atoms with Gasteiger partial charge < -0.3 is 4.98 Å². The molecule has 2 aromatic rings. The molecule has 3 N–H and O–H groups in total. The summed E-state index contributed by atoms with van der Waals surface area (Å²) >= 11 is 0. The van der Waals surface area contributed by atoms with Crippen molar-refractivity contribution in [3.05, 3.63) is 38.9 Å². The lowest BCUT2D eigenvalue weighted by Crippen LogP contribution is -2.27. The number of hydrogen-bond donors (Lipinski definition) is 3. The number of aryl methyl sites for hydroxylation is 1. The van der Waals surface area contributed by atoms with Crippen LogP contribution in [0.5, 0.6) is 0 Å². The van der Waals surface area contributed by atoms with Crippen LogP contribution in [0.3, 0.4) is 0 Å². The monoisotopic (exact) mass is 327 g/mol. The van der Waals surface area contributed by atoms with Crippen molar-refractivity contribution in [3.8, 4) is 0 Å². The van der Waals surface area contributed by atoms with E-state index in [0.29, 0.717) is 5.69 Å². The maximum Gasteiger partial charge on any atom is 0.325 e. The Labute approximate surface area is 126 Å². The average Bonchev–Trinajstić information content (AvgIpc) is 2.76. The van der Waals surface area contributed by atoms with Crippen molar-refractivity contribution in [2.45, 2.75) is 31.1 Å². The zero-order chi connectivity index (χ0) is 16.7. The highest BCUT2D eigenvalue weighted by atomic mass is 32.2. The van der Waals surface area contributed by atoms with E-state index in [4.69, 9.17) is 0 Å². The number of H-pyrrole nitrogens is 2. The van der Waals surface area contributed by atoms with E-state index in [0.717, 1.165) is 6.20 Å². The number of anilines is 1. The second-order valence-corrected chi connectivity index (χ2v) is 7.51. The first-order chi connectivity index (χ1) is 10.0. The van der Waals surface area contributed by atoms with E-state index in [-0.39, 0.29) is 10.6 Å². The molecule has 0 unspecified atom stereocenters. The summed E-state index contributed by atoms with van der Waals surface area (Å²) in [7, 11) is -2.40. The van der Waals surface area contributed by atoms with Crippen LogP contribution in [0.4, 0.5) is 5.69 Å². The van der Waals surface area contributed by atoms with Crippen molar-refractivity contribution in [2.75, 3.05) is 4.72 Å². The molecule has 0 aliphatic rings. The summed E-state index contributed by atoms with van der Waals surface area (Å²) in [6.45, 7) is 5.50. The third kappa shape index (κ3) is 3.11. The lowest BCUT2D eigenvalue weighted by Gasteiger charge is -2.17. The SMILES string of the molecule is Cn1cc(S(=O)(=O)Nc2c[nH]c(=O)[nH]c2=O)c(C(C)(C)C)n1. The van der Waals surface area contributed by atoms with Crippen LogP contribution in [-0.2, 0) is 22.5 Å². The Morgan fingerprint density at radius 1 is 1.27 bits per heavy atom.